The van der Waals surface area contributed by atoms with Gasteiger partial charge in [-0.25, -0.2) is 0 Å². The van der Waals surface area contributed by atoms with Crippen molar-refractivity contribution in [1.29, 1.82) is 0 Å². The first-order chi connectivity index (χ1) is 9.19. The standard InChI is InChI=1S/C12H15N5O2/c1-8-3-4-10(19-2)9(5-8)6-12(18)13-7-11-14-16-17-15-11/h3-5H,6-7H2,1-2H3,(H,13,18)(H,14,15,16,17). The smallest absolute Gasteiger partial charge is 0.224 e. The van der Waals surface area contributed by atoms with Gasteiger partial charge < -0.3 is 10.1 Å². The van der Waals surface area contributed by atoms with Crippen LogP contribution in [0.2, 0.25) is 0 Å². The number of ether oxygens (including phenoxy) is 1. The number of hydrogen-bond acceptors (Lipinski definition) is 5. The number of hydrogen-bond donors (Lipinski definition) is 2. The van der Waals surface area contributed by atoms with Gasteiger partial charge in [-0.05, 0) is 13.0 Å². The number of carbonyl (C=O) groups excluding carboxylic acids is 1. The molecule has 0 radical (unpaired) electrons. The number of methoxy groups -OCH3 is 1. The molecular weight excluding hydrogens is 246 g/mol. The van der Waals surface area contributed by atoms with Crippen LogP contribution in [0.3, 0.4) is 0 Å². The summed E-state index contributed by atoms with van der Waals surface area (Å²) in [5, 5.41) is 16.0. The van der Waals surface area contributed by atoms with Gasteiger partial charge in [0.05, 0.1) is 20.1 Å². The van der Waals surface area contributed by atoms with E-state index < -0.39 is 0 Å². The van der Waals surface area contributed by atoms with Gasteiger partial charge in [-0.3, -0.25) is 4.79 Å². The van der Waals surface area contributed by atoms with Crippen LogP contribution in [0, 0.1) is 6.92 Å². The van der Waals surface area contributed by atoms with Crippen molar-refractivity contribution in [3.05, 3.63) is 35.2 Å². The van der Waals surface area contributed by atoms with Gasteiger partial charge >= 0.3 is 0 Å². The van der Waals surface area contributed by atoms with Crippen molar-refractivity contribution in [2.24, 2.45) is 0 Å². The molecule has 0 saturated heterocycles. The molecule has 1 aromatic carbocycles. The molecule has 0 atom stereocenters. The van der Waals surface area contributed by atoms with Crippen molar-refractivity contribution in [2.45, 2.75) is 19.9 Å². The average molecular weight is 261 g/mol. The second-order valence-electron chi connectivity index (χ2n) is 4.10. The third kappa shape index (κ3) is 3.51. The topological polar surface area (TPSA) is 92.8 Å². The molecule has 19 heavy (non-hydrogen) atoms. The van der Waals surface area contributed by atoms with E-state index in [9.17, 15) is 4.79 Å². The zero-order valence-corrected chi connectivity index (χ0v) is 10.8. The minimum absolute atomic E-state index is 0.117. The Hall–Kier alpha value is -2.44. The number of nitrogens with zero attached hydrogens (tertiary/aromatic N) is 3. The van der Waals surface area contributed by atoms with Crippen LogP contribution in [-0.4, -0.2) is 33.6 Å². The molecule has 0 spiro atoms. The van der Waals surface area contributed by atoms with Gasteiger partial charge in [0.1, 0.15) is 5.75 Å². The molecule has 2 N–H and O–H groups in total. The van der Waals surface area contributed by atoms with Crippen LogP contribution < -0.4 is 10.1 Å². The Morgan fingerprint density at radius 3 is 3.00 bits per heavy atom. The van der Waals surface area contributed by atoms with Crippen molar-refractivity contribution in [3.8, 4) is 5.75 Å². The summed E-state index contributed by atoms with van der Waals surface area (Å²) in [7, 11) is 1.59. The normalized spacial score (nSPS) is 10.2. The van der Waals surface area contributed by atoms with Crippen molar-refractivity contribution in [2.75, 3.05) is 7.11 Å². The van der Waals surface area contributed by atoms with Crippen LogP contribution in [0.25, 0.3) is 0 Å². The molecule has 100 valence electrons. The summed E-state index contributed by atoms with van der Waals surface area (Å²) in [6.07, 6.45) is 0.253. The van der Waals surface area contributed by atoms with Crippen LogP contribution in [0.4, 0.5) is 0 Å². The van der Waals surface area contributed by atoms with Crippen LogP contribution in [0.5, 0.6) is 5.75 Å². The first-order valence-corrected chi connectivity index (χ1v) is 5.81. The summed E-state index contributed by atoms with van der Waals surface area (Å²) < 4.78 is 5.23. The second kappa shape index (κ2) is 5.94. The number of rotatable bonds is 5. The average Bonchev–Trinajstić information content (AvgIpc) is 2.90. The third-order valence-corrected chi connectivity index (χ3v) is 2.62. The van der Waals surface area contributed by atoms with Crippen LogP contribution in [-0.2, 0) is 17.8 Å². The number of benzene rings is 1. The number of carbonyl (C=O) groups is 1. The van der Waals surface area contributed by atoms with E-state index in [0.717, 1.165) is 11.1 Å². The fraction of sp³-hybridized carbons (Fsp3) is 0.333. The number of aromatic amines is 1. The summed E-state index contributed by atoms with van der Waals surface area (Å²) >= 11 is 0. The predicted molar refractivity (Wildman–Crippen MR) is 67.5 cm³/mol. The zero-order chi connectivity index (χ0) is 13.7. The minimum atomic E-state index is -0.117. The van der Waals surface area contributed by atoms with Gasteiger partial charge in [-0.2, -0.15) is 5.21 Å². The molecule has 0 bridgehead atoms. The van der Waals surface area contributed by atoms with Gasteiger partial charge in [0, 0.05) is 5.56 Å². The molecule has 1 aromatic heterocycles. The van der Waals surface area contributed by atoms with Gasteiger partial charge in [0.2, 0.25) is 5.91 Å². The van der Waals surface area contributed by atoms with E-state index in [-0.39, 0.29) is 18.9 Å². The molecule has 1 amide bonds. The monoisotopic (exact) mass is 261 g/mol. The highest BCUT2D eigenvalue weighted by molar-refractivity contribution is 5.79. The SMILES string of the molecule is COc1ccc(C)cc1CC(=O)NCc1nn[nH]n1. The molecule has 0 aliphatic carbocycles. The second-order valence-corrected chi connectivity index (χ2v) is 4.10. The van der Waals surface area contributed by atoms with E-state index in [4.69, 9.17) is 4.74 Å². The number of amides is 1. The highest BCUT2D eigenvalue weighted by atomic mass is 16.5. The van der Waals surface area contributed by atoms with E-state index in [1.807, 2.05) is 25.1 Å². The van der Waals surface area contributed by atoms with Gasteiger partial charge in [-0.1, -0.05) is 22.9 Å². The number of H-pyrrole nitrogens is 1. The lowest BCUT2D eigenvalue weighted by Gasteiger charge is -2.09. The summed E-state index contributed by atoms with van der Waals surface area (Å²) in [5.41, 5.74) is 1.94. The quantitative estimate of drug-likeness (QED) is 0.811. The van der Waals surface area contributed by atoms with Gasteiger partial charge in [0.25, 0.3) is 0 Å². The largest absolute Gasteiger partial charge is 0.496 e. The Bertz CT molecular complexity index is 553. The molecule has 1 heterocycles. The van der Waals surface area contributed by atoms with E-state index in [1.54, 1.807) is 7.11 Å². The molecule has 0 aliphatic rings. The molecular formula is C12H15N5O2. The summed E-state index contributed by atoms with van der Waals surface area (Å²) in [6, 6.07) is 5.74. The Morgan fingerprint density at radius 1 is 1.47 bits per heavy atom. The maximum atomic E-state index is 11.8. The molecule has 0 unspecified atom stereocenters. The molecule has 0 saturated carbocycles. The van der Waals surface area contributed by atoms with E-state index in [1.165, 1.54) is 0 Å². The van der Waals surface area contributed by atoms with Crippen molar-refractivity contribution in [1.82, 2.24) is 25.9 Å². The van der Waals surface area contributed by atoms with Crippen LogP contribution in [0.15, 0.2) is 18.2 Å². The first-order valence-electron chi connectivity index (χ1n) is 5.81. The Labute approximate surface area is 110 Å². The van der Waals surface area contributed by atoms with Crippen LogP contribution in [0.1, 0.15) is 17.0 Å². The Morgan fingerprint density at radius 2 is 2.32 bits per heavy atom. The number of nitrogens with one attached hydrogen (secondary N) is 2. The fourth-order valence-electron chi connectivity index (χ4n) is 1.72. The van der Waals surface area contributed by atoms with E-state index in [2.05, 4.69) is 25.9 Å². The zero-order valence-electron chi connectivity index (χ0n) is 10.8. The highest BCUT2D eigenvalue weighted by Gasteiger charge is 2.09. The van der Waals surface area contributed by atoms with Crippen LogP contribution >= 0.6 is 0 Å². The molecule has 2 rings (SSSR count). The lowest BCUT2D eigenvalue weighted by molar-refractivity contribution is -0.120. The number of aryl methyl sites for hydroxylation is 1. The maximum absolute atomic E-state index is 11.8. The lowest BCUT2D eigenvalue weighted by Crippen LogP contribution is -2.25. The molecule has 7 heteroatoms. The number of aromatic nitrogens is 4. The highest BCUT2D eigenvalue weighted by Crippen LogP contribution is 2.19. The summed E-state index contributed by atoms with van der Waals surface area (Å²) in [4.78, 5) is 11.8. The van der Waals surface area contributed by atoms with Gasteiger partial charge in [-0.15, -0.1) is 10.2 Å². The van der Waals surface area contributed by atoms with Gasteiger partial charge in [0.15, 0.2) is 5.82 Å². The fourth-order valence-corrected chi connectivity index (χ4v) is 1.72. The van der Waals surface area contributed by atoms with Crippen molar-refractivity contribution < 1.29 is 9.53 Å². The third-order valence-electron chi connectivity index (χ3n) is 2.62. The van der Waals surface area contributed by atoms with Crippen molar-refractivity contribution in [3.63, 3.8) is 0 Å². The minimum Gasteiger partial charge on any atom is -0.496 e. The molecule has 2 aromatic rings. The van der Waals surface area contributed by atoms with E-state index in [0.29, 0.717) is 11.6 Å². The number of tetrazole rings is 1. The summed E-state index contributed by atoms with van der Waals surface area (Å²) in [6.45, 7) is 2.23. The Balaban J connectivity index is 1.96. The van der Waals surface area contributed by atoms with E-state index >= 15 is 0 Å². The lowest BCUT2D eigenvalue weighted by atomic mass is 10.1. The summed E-state index contributed by atoms with van der Waals surface area (Å²) in [5.74, 6) is 1.04. The molecule has 0 aliphatic heterocycles. The molecule has 7 nitrogen and oxygen atoms in total. The maximum Gasteiger partial charge on any atom is 0.224 e. The molecule has 0 fully saturated rings. The van der Waals surface area contributed by atoms with Crippen molar-refractivity contribution >= 4 is 5.91 Å². The predicted octanol–water partition coefficient (Wildman–Crippen LogP) is 0.376. The first kappa shape index (κ1) is 13.0. The Kier molecular flexibility index (Phi) is 4.07.